The fourth-order valence-corrected chi connectivity index (χ4v) is 3.42. The van der Waals surface area contributed by atoms with E-state index in [4.69, 9.17) is 4.74 Å². The average molecular weight is 352 g/mol. The quantitative estimate of drug-likeness (QED) is 0.848. The Morgan fingerprint density at radius 1 is 1.32 bits per heavy atom. The normalized spacial score (nSPS) is 18.8. The molecule has 0 spiro atoms. The van der Waals surface area contributed by atoms with E-state index in [2.05, 4.69) is 5.32 Å². The van der Waals surface area contributed by atoms with E-state index >= 15 is 0 Å². The van der Waals surface area contributed by atoms with E-state index in [-0.39, 0.29) is 23.8 Å². The van der Waals surface area contributed by atoms with Crippen LogP contribution in [-0.4, -0.2) is 31.3 Å². The van der Waals surface area contributed by atoms with Crippen LogP contribution in [0.5, 0.6) is 0 Å². The molecule has 0 fully saturated rings. The molecule has 1 N–H and O–H groups in total. The molecule has 2 aliphatic rings. The smallest absolute Gasteiger partial charge is 0.417 e. The van der Waals surface area contributed by atoms with Crippen LogP contribution in [0.25, 0.3) is 11.1 Å². The maximum absolute atomic E-state index is 13.5. The highest BCUT2D eigenvalue weighted by Crippen LogP contribution is 2.31. The van der Waals surface area contributed by atoms with Crippen LogP contribution in [0.1, 0.15) is 20.8 Å². The number of anilines is 2. The summed E-state index contributed by atoms with van der Waals surface area (Å²) in [6.07, 6.45) is -2.05. The number of carbonyl (C=O) groups excluding carboxylic acids is 1. The first-order valence-electron chi connectivity index (χ1n) is 8.00. The van der Waals surface area contributed by atoms with Crippen molar-refractivity contribution in [2.45, 2.75) is 33.0 Å². The Morgan fingerprint density at radius 2 is 2.04 bits per heavy atom. The van der Waals surface area contributed by atoms with Gasteiger partial charge in [-0.25, -0.2) is 0 Å². The first-order chi connectivity index (χ1) is 11.7. The van der Waals surface area contributed by atoms with Crippen LogP contribution >= 0.6 is 0 Å². The fourth-order valence-electron chi connectivity index (χ4n) is 3.42. The minimum atomic E-state index is -4.43. The molecule has 1 unspecified atom stereocenters. The van der Waals surface area contributed by atoms with Crippen molar-refractivity contribution in [3.8, 4) is 0 Å². The van der Waals surface area contributed by atoms with Gasteiger partial charge in [-0.2, -0.15) is 13.2 Å². The van der Waals surface area contributed by atoms with Crippen LogP contribution < -0.4 is 20.7 Å². The number of hydrogen-bond acceptors (Lipinski definition) is 4. The highest BCUT2D eigenvalue weighted by molar-refractivity contribution is 5.79. The van der Waals surface area contributed by atoms with Crippen molar-refractivity contribution in [2.75, 3.05) is 23.4 Å². The van der Waals surface area contributed by atoms with Crippen LogP contribution in [0.15, 0.2) is 24.4 Å². The van der Waals surface area contributed by atoms with E-state index in [9.17, 15) is 18.0 Å². The first kappa shape index (κ1) is 17.4. The lowest BCUT2D eigenvalue weighted by atomic mass is 10.0. The summed E-state index contributed by atoms with van der Waals surface area (Å²) in [6.45, 7) is 5.74. The highest BCUT2D eigenvalue weighted by Gasteiger charge is 2.36. The van der Waals surface area contributed by atoms with Crippen molar-refractivity contribution < 1.29 is 22.7 Å². The SMILES string of the molecule is CC(=O)OCCN1c2ccc3c(c2=C(C)C1C)=C(C(F)(F)F)C=CN3. The standard InChI is InChI=1S/C18H19F3N2O2/c1-10-11(2)23(8-9-25-12(3)24)15-5-4-14-17(16(10)15)13(6-7-22-14)18(19,20)21/h4-7,11,22H,8-9H2,1-3H3. The summed E-state index contributed by atoms with van der Waals surface area (Å²) < 4.78 is 45.5. The van der Waals surface area contributed by atoms with Gasteiger partial charge in [0, 0.05) is 41.0 Å². The molecule has 3 rings (SSSR count). The largest absolute Gasteiger partial charge is 0.464 e. The third-order valence-corrected chi connectivity index (χ3v) is 4.68. The fraction of sp³-hybridized carbons (Fsp3) is 0.389. The molecule has 134 valence electrons. The van der Waals surface area contributed by atoms with Crippen molar-refractivity contribution in [2.24, 2.45) is 0 Å². The van der Waals surface area contributed by atoms with Gasteiger partial charge < -0.3 is 15.0 Å². The number of fused-ring (bicyclic) bond motifs is 3. The van der Waals surface area contributed by atoms with Gasteiger partial charge in [-0.15, -0.1) is 0 Å². The third-order valence-electron chi connectivity index (χ3n) is 4.68. The first-order valence-corrected chi connectivity index (χ1v) is 8.00. The zero-order chi connectivity index (χ0) is 18.4. The van der Waals surface area contributed by atoms with E-state index in [1.807, 2.05) is 24.8 Å². The van der Waals surface area contributed by atoms with Gasteiger partial charge >= 0.3 is 12.1 Å². The molecule has 1 aromatic carbocycles. The molecular weight excluding hydrogens is 333 g/mol. The number of halogens is 3. The van der Waals surface area contributed by atoms with Gasteiger partial charge in [0.1, 0.15) is 6.61 Å². The number of ether oxygens (including phenoxy) is 1. The summed E-state index contributed by atoms with van der Waals surface area (Å²) in [5.41, 5.74) is 1.40. The predicted octanol–water partition coefficient (Wildman–Crippen LogP) is 2.28. The van der Waals surface area contributed by atoms with E-state index in [0.29, 0.717) is 17.5 Å². The van der Waals surface area contributed by atoms with Crippen molar-refractivity contribution in [1.82, 2.24) is 0 Å². The van der Waals surface area contributed by atoms with E-state index in [1.165, 1.54) is 13.1 Å². The number of carbonyl (C=O) groups is 1. The molecule has 0 saturated heterocycles. The van der Waals surface area contributed by atoms with Gasteiger partial charge in [-0.1, -0.05) is 0 Å². The van der Waals surface area contributed by atoms with Crippen LogP contribution in [0.4, 0.5) is 24.5 Å². The van der Waals surface area contributed by atoms with Crippen molar-refractivity contribution >= 4 is 28.5 Å². The maximum atomic E-state index is 13.5. The summed E-state index contributed by atoms with van der Waals surface area (Å²) >= 11 is 0. The second-order valence-corrected chi connectivity index (χ2v) is 6.16. The van der Waals surface area contributed by atoms with Gasteiger partial charge in [0.25, 0.3) is 0 Å². The van der Waals surface area contributed by atoms with Gasteiger partial charge in [0.15, 0.2) is 0 Å². The number of hydrogen-bond donors (Lipinski definition) is 1. The van der Waals surface area contributed by atoms with E-state index < -0.39 is 11.7 Å². The second kappa shape index (κ2) is 6.13. The van der Waals surface area contributed by atoms with E-state index in [1.54, 1.807) is 6.07 Å². The molecule has 1 aromatic rings. The molecule has 0 radical (unpaired) electrons. The monoisotopic (exact) mass is 352 g/mol. The molecule has 4 nitrogen and oxygen atoms in total. The molecule has 0 aliphatic carbocycles. The average Bonchev–Trinajstić information content (AvgIpc) is 2.78. The minimum Gasteiger partial charge on any atom is -0.464 e. The summed E-state index contributed by atoms with van der Waals surface area (Å²) in [4.78, 5) is 12.9. The molecule has 0 aromatic heterocycles. The topological polar surface area (TPSA) is 41.6 Å². The zero-order valence-corrected chi connectivity index (χ0v) is 14.2. The van der Waals surface area contributed by atoms with Gasteiger partial charge in [0.05, 0.1) is 12.1 Å². The Bertz CT molecular complexity index is 872. The Kier molecular flexibility index (Phi) is 4.26. The molecule has 25 heavy (non-hydrogen) atoms. The summed E-state index contributed by atoms with van der Waals surface area (Å²) in [5.74, 6) is -0.375. The lowest BCUT2D eigenvalue weighted by Crippen LogP contribution is -2.37. The number of allylic oxidation sites excluding steroid dienone is 1. The number of esters is 1. The lowest BCUT2D eigenvalue weighted by molar-refractivity contribution is -0.140. The van der Waals surface area contributed by atoms with Gasteiger partial charge in [0.2, 0.25) is 0 Å². The van der Waals surface area contributed by atoms with Gasteiger partial charge in [-0.05, 0) is 37.6 Å². The van der Waals surface area contributed by atoms with Crippen LogP contribution in [0, 0.1) is 0 Å². The van der Waals surface area contributed by atoms with Crippen molar-refractivity contribution in [1.29, 1.82) is 0 Å². The molecule has 2 aliphatic heterocycles. The Morgan fingerprint density at radius 3 is 2.68 bits per heavy atom. The number of benzene rings is 1. The zero-order valence-electron chi connectivity index (χ0n) is 14.2. The van der Waals surface area contributed by atoms with Gasteiger partial charge in [-0.3, -0.25) is 4.79 Å². The summed E-state index contributed by atoms with van der Waals surface area (Å²) in [7, 11) is 0. The number of nitrogens with one attached hydrogen (secondary N) is 1. The Balaban J connectivity index is 2.18. The van der Waals surface area contributed by atoms with Crippen molar-refractivity contribution in [3.63, 3.8) is 0 Å². The Labute approximate surface area is 143 Å². The number of nitrogens with zero attached hydrogens (tertiary/aromatic N) is 1. The molecule has 1 atom stereocenters. The molecule has 7 heteroatoms. The van der Waals surface area contributed by atoms with E-state index in [0.717, 1.165) is 17.3 Å². The second-order valence-electron chi connectivity index (χ2n) is 6.16. The van der Waals surface area contributed by atoms with Crippen LogP contribution in [-0.2, 0) is 9.53 Å². The molecule has 2 heterocycles. The maximum Gasteiger partial charge on any atom is 0.417 e. The third kappa shape index (κ3) is 2.99. The molecule has 0 bridgehead atoms. The lowest BCUT2D eigenvalue weighted by Gasteiger charge is -2.26. The number of alkyl halides is 3. The molecular formula is C18H19F3N2O2. The van der Waals surface area contributed by atoms with Crippen molar-refractivity contribution in [3.05, 3.63) is 34.8 Å². The molecule has 0 amide bonds. The number of rotatable bonds is 3. The minimum absolute atomic E-state index is 0.0718. The summed E-state index contributed by atoms with van der Waals surface area (Å²) in [5, 5.41) is 3.70. The highest BCUT2D eigenvalue weighted by atomic mass is 19.4. The van der Waals surface area contributed by atoms with Crippen LogP contribution in [0.2, 0.25) is 0 Å². The summed E-state index contributed by atoms with van der Waals surface area (Å²) in [6, 6.07) is 3.40. The molecule has 0 saturated carbocycles. The predicted molar refractivity (Wildman–Crippen MR) is 90.4 cm³/mol. The van der Waals surface area contributed by atoms with Crippen LogP contribution in [0.3, 0.4) is 0 Å². The Hall–Kier alpha value is -2.44.